The molecule has 1 fully saturated rings. The van der Waals surface area contributed by atoms with Crippen LogP contribution in [0.3, 0.4) is 0 Å². The number of carbonyl (C=O) groups excluding carboxylic acids is 12. The second-order valence-corrected chi connectivity index (χ2v) is 27.0. The van der Waals surface area contributed by atoms with E-state index in [0.717, 1.165) is 6.42 Å². The van der Waals surface area contributed by atoms with Crippen LogP contribution in [0.15, 0.2) is 47.8 Å². The Morgan fingerprint density at radius 1 is 0.660 bits per heavy atom. The van der Waals surface area contributed by atoms with Crippen LogP contribution in [0, 0.1) is 23.7 Å². The summed E-state index contributed by atoms with van der Waals surface area (Å²) in [6.45, 7) is 14.1. The van der Waals surface area contributed by atoms with Gasteiger partial charge < -0.3 is 90.9 Å². The highest BCUT2D eigenvalue weighted by molar-refractivity contribution is 8.14. The van der Waals surface area contributed by atoms with E-state index >= 15 is 0 Å². The quantitative estimate of drug-likeness (QED) is 0.0401. The first-order valence-corrected chi connectivity index (χ1v) is 35.1. The van der Waals surface area contributed by atoms with Gasteiger partial charge in [-0.2, -0.15) is 0 Å². The second kappa shape index (κ2) is 42.1. The van der Waals surface area contributed by atoms with Crippen LogP contribution in [0.25, 0.3) is 0 Å². The number of amides is 12. The molecule has 0 bridgehead atoms. The molecule has 0 saturated carbocycles. The molecule has 12 amide bonds. The number of primary amides is 1. The maximum absolute atomic E-state index is 14.9. The highest BCUT2D eigenvalue weighted by atomic mass is 32.2. The predicted octanol–water partition coefficient (Wildman–Crippen LogP) is -1.68. The normalized spacial score (nSPS) is 23.1. The van der Waals surface area contributed by atoms with E-state index in [0.29, 0.717) is 16.3 Å². The van der Waals surface area contributed by atoms with Crippen LogP contribution in [-0.2, 0) is 80.0 Å². The fourth-order valence-electron chi connectivity index (χ4n) is 10.9. The molecule has 554 valence electrons. The molecule has 1 aromatic carbocycles. The first kappa shape index (κ1) is 83.4. The average Bonchev–Trinajstić information content (AvgIpc) is 1.37. The Morgan fingerprint density at radius 2 is 1.26 bits per heavy atom. The number of benzene rings is 1. The van der Waals surface area contributed by atoms with E-state index in [4.69, 9.17) is 17.2 Å². The summed E-state index contributed by atoms with van der Waals surface area (Å²) in [7, 11) is 0. The molecule has 1 aromatic heterocycles. The summed E-state index contributed by atoms with van der Waals surface area (Å²) in [5.41, 5.74) is 18.7. The number of aliphatic imine (C=N–C) groups is 1. The molecule has 15 atom stereocenters. The Kier molecular flexibility index (Phi) is 35.1. The Bertz CT molecular complexity index is 3160. The molecular formula is C66H103N17O16S. The van der Waals surface area contributed by atoms with Crippen molar-refractivity contribution in [2.45, 2.75) is 224 Å². The number of thioether (sulfide) groups is 1. The lowest BCUT2D eigenvalue weighted by atomic mass is 9.96. The van der Waals surface area contributed by atoms with Crippen molar-refractivity contribution >= 4 is 99.6 Å². The van der Waals surface area contributed by atoms with Gasteiger partial charge in [-0.1, -0.05) is 105 Å². The van der Waals surface area contributed by atoms with Gasteiger partial charge in [0.15, 0.2) is 0 Å². The van der Waals surface area contributed by atoms with Gasteiger partial charge in [0.2, 0.25) is 70.9 Å². The lowest BCUT2D eigenvalue weighted by molar-refractivity contribution is -0.142. The first-order chi connectivity index (χ1) is 47.4. The van der Waals surface area contributed by atoms with Gasteiger partial charge in [0.25, 0.3) is 0 Å². The summed E-state index contributed by atoms with van der Waals surface area (Å²) in [6, 6.07) is -8.34. The predicted molar refractivity (Wildman–Crippen MR) is 369 cm³/mol. The number of nitrogens with one attached hydrogen (secondary N) is 12. The van der Waals surface area contributed by atoms with Crippen molar-refractivity contribution in [3.05, 3.63) is 54.1 Å². The second-order valence-electron chi connectivity index (χ2n) is 26.0. The lowest BCUT2D eigenvalue weighted by Crippen LogP contribution is -2.62. The molecule has 1 saturated heterocycles. The number of aromatic nitrogens is 2. The van der Waals surface area contributed by atoms with Crippen molar-refractivity contribution in [2.75, 3.05) is 18.8 Å². The van der Waals surface area contributed by atoms with E-state index in [1.807, 2.05) is 27.7 Å². The summed E-state index contributed by atoms with van der Waals surface area (Å²) in [5.74, 6) is -15.4. The molecule has 5 unspecified atom stereocenters. The Balaban J connectivity index is 1.77. The van der Waals surface area contributed by atoms with Crippen molar-refractivity contribution in [2.24, 2.45) is 45.9 Å². The van der Waals surface area contributed by atoms with Crippen molar-refractivity contribution in [1.82, 2.24) is 68.5 Å². The number of nitrogens with two attached hydrogens (primary N) is 3. The standard InChI is InChI=1S/C66H103N17O16S/c1-9-35(6)52(69)66-81-48(32-100-66)63(97)76-43(26-34(4)5)59(93)74-42(22-23-50(85)86)58(92)83-53(36(7)10-2)64(98)75-40-20-15-16-25-71-55(89)46(29-49(68)84)78-62(96)47(30-51(87)88)79-61(95)45(28-39-31-70-33-72-39)77-60(94)44(27-38-18-13-12-14-19-38)80-65(99)54(37(8)11-3)82-57(91)41(21-17-24-67)73-56(40)90/h12-14,18-19,31,33-37,40-48,52-54H,9-11,15-17,20-30,32,67,69H2,1-8H3,(H2,68,84)(H,70,72)(H,71,89)(H,73,90)(H,74,93)(H,75,98)(H,76,97)(H,77,94)(H,78,96)(H,79,95)(H,80,99)(H,82,91)(H,83,92)(H,85,86)(H,87,88)/t35?,36?,37?,40-,41+,42+,43-,44+,45-,46-,47+,48?,52?,53-,54-/m0/s1. The molecule has 0 aliphatic carbocycles. The topological polar surface area (TPSA) is 531 Å². The number of H-pyrrole nitrogens is 1. The largest absolute Gasteiger partial charge is 0.481 e. The number of aliphatic carboxylic acids is 2. The maximum Gasteiger partial charge on any atom is 0.305 e. The Labute approximate surface area is 586 Å². The van der Waals surface area contributed by atoms with Crippen LogP contribution in [0.2, 0.25) is 0 Å². The highest BCUT2D eigenvalue weighted by Crippen LogP contribution is 2.25. The van der Waals surface area contributed by atoms with E-state index in [1.165, 1.54) is 24.3 Å². The van der Waals surface area contributed by atoms with E-state index in [2.05, 4.69) is 73.4 Å². The van der Waals surface area contributed by atoms with E-state index < -0.39 is 193 Å². The Morgan fingerprint density at radius 3 is 1.85 bits per heavy atom. The monoisotopic (exact) mass is 1420 g/mol. The first-order valence-electron chi connectivity index (χ1n) is 34.1. The van der Waals surface area contributed by atoms with Gasteiger partial charge in [-0.05, 0) is 80.7 Å². The minimum absolute atomic E-state index is 0.00117. The van der Waals surface area contributed by atoms with Crippen LogP contribution < -0.4 is 75.7 Å². The van der Waals surface area contributed by atoms with E-state index in [-0.39, 0.29) is 94.9 Å². The minimum Gasteiger partial charge on any atom is -0.481 e. The minimum atomic E-state index is -1.94. The number of aromatic amines is 1. The van der Waals surface area contributed by atoms with Gasteiger partial charge in [0.1, 0.15) is 66.5 Å². The molecule has 34 heteroatoms. The zero-order valence-electron chi connectivity index (χ0n) is 58.2. The summed E-state index contributed by atoms with van der Waals surface area (Å²) in [4.78, 5) is 207. The van der Waals surface area contributed by atoms with Crippen molar-refractivity contribution in [3.8, 4) is 0 Å². The number of nitrogens with zero attached hydrogens (tertiary/aromatic N) is 2. The summed E-state index contributed by atoms with van der Waals surface area (Å²) >= 11 is 1.35. The van der Waals surface area contributed by atoms with Crippen LogP contribution in [0.5, 0.6) is 0 Å². The van der Waals surface area contributed by atoms with Gasteiger partial charge in [0, 0.05) is 43.5 Å². The van der Waals surface area contributed by atoms with E-state index in [9.17, 15) is 77.3 Å². The maximum atomic E-state index is 14.9. The molecule has 2 aliphatic rings. The van der Waals surface area contributed by atoms with Crippen LogP contribution in [0.1, 0.15) is 150 Å². The number of imidazole rings is 1. The van der Waals surface area contributed by atoms with E-state index in [1.54, 1.807) is 58.0 Å². The number of hydrogen-bond donors (Lipinski definition) is 17. The molecule has 0 radical (unpaired) electrons. The summed E-state index contributed by atoms with van der Waals surface area (Å²) in [5, 5.41) is 49.1. The molecule has 3 heterocycles. The third-order valence-corrected chi connectivity index (χ3v) is 18.6. The lowest BCUT2D eigenvalue weighted by Gasteiger charge is -2.30. The average molecular weight is 1420 g/mol. The van der Waals surface area contributed by atoms with Crippen molar-refractivity contribution < 1.29 is 77.3 Å². The smallest absolute Gasteiger partial charge is 0.305 e. The van der Waals surface area contributed by atoms with Crippen molar-refractivity contribution in [1.29, 1.82) is 0 Å². The third-order valence-electron chi connectivity index (χ3n) is 17.5. The van der Waals surface area contributed by atoms with Gasteiger partial charge >= 0.3 is 11.9 Å². The fraction of sp³-hybridized carbons (Fsp3) is 0.636. The van der Waals surface area contributed by atoms with Gasteiger partial charge in [-0.15, -0.1) is 11.8 Å². The number of carboxylic acid groups (broad SMARTS) is 2. The Hall–Kier alpha value is -9.05. The highest BCUT2D eigenvalue weighted by Gasteiger charge is 2.40. The summed E-state index contributed by atoms with van der Waals surface area (Å²) in [6.07, 6.45) is 0.368. The molecular weight excluding hydrogens is 1320 g/mol. The SMILES string of the molecule is CCC(C)C(N)C1=NC(C(=O)N[C@@H](CC(C)C)C(=O)N[C@H](CCC(=O)O)C(=O)N[C@H](C(=O)N[C@H]2CCCCNC(=O)[C@H](CC(N)=O)NC(=O)[C@@H](CC(=O)O)NC(=O)[C@H](Cc3cnc[nH]3)NC(=O)[C@@H](Cc3ccccc3)NC(=O)[C@H](C(C)CC)NC(=O)[C@@H](CCCN)NC2=O)C(C)CC)CS1. The molecule has 100 heavy (non-hydrogen) atoms. The number of carboxylic acids is 2. The number of carbonyl (C=O) groups is 14. The van der Waals surface area contributed by atoms with Crippen LogP contribution in [0.4, 0.5) is 0 Å². The molecule has 2 aliphatic heterocycles. The molecule has 20 N–H and O–H groups in total. The molecule has 0 spiro atoms. The summed E-state index contributed by atoms with van der Waals surface area (Å²) < 4.78 is 0. The molecule has 2 aromatic rings. The fourth-order valence-corrected chi connectivity index (χ4v) is 12.0. The van der Waals surface area contributed by atoms with Gasteiger partial charge in [-0.25, -0.2) is 4.98 Å². The van der Waals surface area contributed by atoms with Gasteiger partial charge in [0.05, 0.1) is 30.3 Å². The zero-order chi connectivity index (χ0) is 74.3. The molecule has 4 rings (SSSR count). The van der Waals surface area contributed by atoms with Crippen LogP contribution >= 0.6 is 11.8 Å². The van der Waals surface area contributed by atoms with Crippen LogP contribution in [-0.4, -0.2) is 199 Å². The van der Waals surface area contributed by atoms with Crippen molar-refractivity contribution in [3.63, 3.8) is 0 Å². The number of hydrogen-bond acceptors (Lipinski definition) is 19. The third kappa shape index (κ3) is 27.6. The number of rotatable bonds is 31. The molecule has 33 nitrogen and oxygen atoms in total. The zero-order valence-corrected chi connectivity index (χ0v) is 59.0. The van der Waals surface area contributed by atoms with Gasteiger partial charge in [-0.3, -0.25) is 72.1 Å².